The van der Waals surface area contributed by atoms with Gasteiger partial charge in [0.2, 0.25) is 0 Å². The first kappa shape index (κ1) is 28.0. The number of aliphatic hydroxyl groups excluding tert-OH is 1. The third kappa shape index (κ3) is 5.40. The smallest absolute Gasteiger partial charge is 0.277 e. The van der Waals surface area contributed by atoms with Crippen LogP contribution in [-0.4, -0.2) is 92.0 Å². The fourth-order valence-corrected chi connectivity index (χ4v) is 5.26. The second kappa shape index (κ2) is 10.8. The minimum Gasteiger partial charge on any atom is -0.387 e. The molecule has 10 nitrogen and oxygen atoms in total. The van der Waals surface area contributed by atoms with Crippen molar-refractivity contribution in [2.75, 3.05) is 36.4 Å². The molecule has 1 aromatic carbocycles. The molecule has 1 amide bonds. The van der Waals surface area contributed by atoms with Crippen LogP contribution in [0, 0.1) is 5.92 Å². The Labute approximate surface area is 228 Å². The molecule has 40 heavy (non-hydrogen) atoms. The van der Waals surface area contributed by atoms with Crippen LogP contribution in [0.25, 0.3) is 5.65 Å². The number of hydrogen-bond acceptors (Lipinski definition) is 8. The molecule has 13 heteroatoms. The average molecular weight is 561 g/mol. The lowest BCUT2D eigenvalue weighted by Gasteiger charge is -2.38. The Kier molecular flexibility index (Phi) is 7.55. The van der Waals surface area contributed by atoms with Crippen LogP contribution in [0.3, 0.4) is 0 Å². The number of fused-ring (bicyclic) bond motifs is 2. The van der Waals surface area contributed by atoms with Crippen molar-refractivity contribution in [1.82, 2.24) is 19.5 Å². The Balaban J connectivity index is 1.45. The molecule has 1 unspecified atom stereocenters. The minimum absolute atomic E-state index is 0.139. The van der Waals surface area contributed by atoms with Crippen LogP contribution in [0.5, 0.6) is 0 Å². The number of piperazine rings is 1. The molecule has 1 fully saturated rings. The van der Waals surface area contributed by atoms with E-state index < -0.39 is 36.3 Å². The van der Waals surface area contributed by atoms with Gasteiger partial charge in [-0.3, -0.25) is 14.5 Å². The maximum absolute atomic E-state index is 14.7. The van der Waals surface area contributed by atoms with Crippen molar-refractivity contribution in [3.63, 3.8) is 0 Å². The van der Waals surface area contributed by atoms with Gasteiger partial charge in [0.15, 0.2) is 17.7 Å². The molecular formula is C27H31F3N6O4. The molecule has 1 saturated heterocycles. The van der Waals surface area contributed by atoms with E-state index in [1.54, 1.807) is 30.6 Å². The van der Waals surface area contributed by atoms with Gasteiger partial charge in [-0.2, -0.15) is 5.10 Å². The molecule has 3 aromatic rings. The first-order valence-electron chi connectivity index (χ1n) is 13.1. The lowest BCUT2D eigenvalue weighted by Crippen LogP contribution is -2.52. The molecule has 5 rings (SSSR count). The van der Waals surface area contributed by atoms with Crippen LogP contribution in [0.15, 0.2) is 36.8 Å². The van der Waals surface area contributed by atoms with Crippen molar-refractivity contribution in [2.45, 2.75) is 51.1 Å². The average Bonchev–Trinajstić information content (AvgIpc) is 3.48. The highest BCUT2D eigenvalue weighted by molar-refractivity contribution is 6.11. The zero-order valence-electron chi connectivity index (χ0n) is 22.1. The molecule has 2 aromatic heterocycles. The third-order valence-electron chi connectivity index (χ3n) is 7.61. The number of anilines is 2. The van der Waals surface area contributed by atoms with E-state index in [0.29, 0.717) is 28.1 Å². The highest BCUT2D eigenvalue weighted by Crippen LogP contribution is 2.39. The summed E-state index contributed by atoms with van der Waals surface area (Å²) in [4.78, 5) is 34.0. The number of aliphatic hydroxyl groups is 2. The monoisotopic (exact) mass is 560 g/mol. The van der Waals surface area contributed by atoms with Crippen molar-refractivity contribution in [2.24, 2.45) is 5.92 Å². The zero-order chi connectivity index (χ0) is 28.8. The standard InChI is InChI=1S/C27H31F3N6O4/c1-27(2,40)21(28)12-16-10-15-11-19(33-25(38)18-14-32-36-5-3-4-31-24(18)36)20(13-17(15)22(16)37)34-6-8-35(9-7-34)26(39)23(29)30/h3-5,11,13-14,16,21,23,26,39-40H,6-10,12H2,1-2H3,(H,33,38)/t16?,21-,26-/m1/s1. The predicted octanol–water partition coefficient (Wildman–Crippen LogP) is 2.54. The lowest BCUT2D eigenvalue weighted by molar-refractivity contribution is -0.102. The summed E-state index contributed by atoms with van der Waals surface area (Å²) in [6, 6.07) is 5.02. The van der Waals surface area contributed by atoms with Crippen LogP contribution in [0.4, 0.5) is 24.5 Å². The second-order valence-electron chi connectivity index (χ2n) is 10.8. The summed E-state index contributed by atoms with van der Waals surface area (Å²) in [6.07, 6.45) is -1.69. The fraction of sp³-hybridized carbons (Fsp3) is 0.481. The van der Waals surface area contributed by atoms with E-state index in [4.69, 9.17) is 0 Å². The summed E-state index contributed by atoms with van der Waals surface area (Å²) in [5, 5.41) is 26.9. The maximum atomic E-state index is 14.7. The largest absolute Gasteiger partial charge is 0.387 e. The predicted molar refractivity (Wildman–Crippen MR) is 141 cm³/mol. The Hall–Kier alpha value is -3.55. The molecule has 1 aliphatic heterocycles. The normalized spacial score (nSPS) is 19.8. The van der Waals surface area contributed by atoms with E-state index >= 15 is 0 Å². The summed E-state index contributed by atoms with van der Waals surface area (Å²) in [5.74, 6) is -1.40. The number of halogens is 3. The molecule has 2 aliphatic rings. The van der Waals surface area contributed by atoms with E-state index in [1.807, 2.05) is 4.90 Å². The molecule has 0 spiro atoms. The number of ketones is 1. The number of benzene rings is 1. The Bertz CT molecular complexity index is 1420. The molecule has 3 heterocycles. The van der Waals surface area contributed by atoms with Gasteiger partial charge < -0.3 is 20.4 Å². The van der Waals surface area contributed by atoms with Crippen LogP contribution in [0.1, 0.15) is 46.5 Å². The van der Waals surface area contributed by atoms with E-state index in [-0.39, 0.29) is 50.4 Å². The Morgan fingerprint density at radius 2 is 1.93 bits per heavy atom. The van der Waals surface area contributed by atoms with Crippen molar-refractivity contribution in [1.29, 1.82) is 0 Å². The number of nitrogens with zero attached hydrogens (tertiary/aromatic N) is 5. The molecule has 0 radical (unpaired) electrons. The summed E-state index contributed by atoms with van der Waals surface area (Å²) in [5.41, 5.74) is 0.940. The van der Waals surface area contributed by atoms with E-state index in [0.717, 1.165) is 0 Å². The van der Waals surface area contributed by atoms with Gasteiger partial charge in [0.25, 0.3) is 12.3 Å². The first-order valence-corrected chi connectivity index (χ1v) is 13.1. The SMILES string of the molecule is CC(C)(O)[C@H](F)CC1Cc2cc(NC(=O)c3cnn4cccnc34)c(N3CCN([C@H](O)C(F)F)CC3)cc2C1=O. The number of carbonyl (C=O) groups excluding carboxylic acids is 2. The van der Waals surface area contributed by atoms with Gasteiger partial charge in [-0.1, -0.05) is 0 Å². The molecule has 3 atom stereocenters. The van der Waals surface area contributed by atoms with Crippen molar-refractivity contribution in [3.05, 3.63) is 53.5 Å². The summed E-state index contributed by atoms with van der Waals surface area (Å²) < 4.78 is 42.2. The van der Waals surface area contributed by atoms with Crippen LogP contribution < -0.4 is 10.2 Å². The van der Waals surface area contributed by atoms with Crippen molar-refractivity contribution < 1.29 is 33.0 Å². The number of alkyl halides is 3. The van der Waals surface area contributed by atoms with E-state index in [9.17, 15) is 33.0 Å². The first-order chi connectivity index (χ1) is 18.9. The molecule has 3 N–H and O–H groups in total. The summed E-state index contributed by atoms with van der Waals surface area (Å²) in [6.45, 7) is 3.50. The summed E-state index contributed by atoms with van der Waals surface area (Å²) >= 11 is 0. The van der Waals surface area contributed by atoms with Gasteiger partial charge in [0.1, 0.15) is 11.7 Å². The number of amides is 1. The zero-order valence-corrected chi connectivity index (χ0v) is 22.1. The highest BCUT2D eigenvalue weighted by Gasteiger charge is 2.38. The topological polar surface area (TPSA) is 123 Å². The van der Waals surface area contributed by atoms with Crippen molar-refractivity contribution >= 4 is 28.7 Å². The number of hydrogen-bond donors (Lipinski definition) is 3. The Morgan fingerprint density at radius 3 is 2.60 bits per heavy atom. The van der Waals surface area contributed by atoms with Gasteiger partial charge >= 0.3 is 0 Å². The number of aromatic nitrogens is 3. The van der Waals surface area contributed by atoms with Gasteiger partial charge in [0, 0.05) is 50.1 Å². The van der Waals surface area contributed by atoms with Crippen LogP contribution >= 0.6 is 0 Å². The number of Topliss-reactive ketones (excluding diaryl/α,β-unsaturated/α-hetero) is 1. The maximum Gasteiger partial charge on any atom is 0.277 e. The number of rotatable bonds is 8. The third-order valence-corrected chi connectivity index (χ3v) is 7.61. The van der Waals surface area contributed by atoms with E-state index in [1.165, 1.54) is 29.5 Å². The van der Waals surface area contributed by atoms with Gasteiger partial charge in [-0.05, 0) is 50.5 Å². The number of carbonyl (C=O) groups is 2. The summed E-state index contributed by atoms with van der Waals surface area (Å²) in [7, 11) is 0. The van der Waals surface area contributed by atoms with Gasteiger partial charge in [-0.25, -0.2) is 22.7 Å². The molecule has 214 valence electrons. The molecule has 1 aliphatic carbocycles. The Morgan fingerprint density at radius 1 is 1.20 bits per heavy atom. The minimum atomic E-state index is -2.90. The van der Waals surface area contributed by atoms with Gasteiger partial charge in [0.05, 0.1) is 23.2 Å². The fourth-order valence-electron chi connectivity index (χ4n) is 5.26. The molecule has 0 saturated carbocycles. The van der Waals surface area contributed by atoms with E-state index in [2.05, 4.69) is 15.4 Å². The van der Waals surface area contributed by atoms with Gasteiger partial charge in [-0.15, -0.1) is 0 Å². The van der Waals surface area contributed by atoms with Crippen LogP contribution in [-0.2, 0) is 6.42 Å². The lowest BCUT2D eigenvalue weighted by atomic mass is 9.91. The molecule has 0 bridgehead atoms. The quantitative estimate of drug-likeness (QED) is 0.384. The molecular weight excluding hydrogens is 529 g/mol. The highest BCUT2D eigenvalue weighted by atomic mass is 19.3. The number of nitrogens with one attached hydrogen (secondary N) is 1. The van der Waals surface area contributed by atoms with Crippen molar-refractivity contribution in [3.8, 4) is 0 Å². The second-order valence-corrected chi connectivity index (χ2v) is 10.8. The van der Waals surface area contributed by atoms with Crippen LogP contribution in [0.2, 0.25) is 0 Å².